The number of piperidine rings is 1. The lowest BCUT2D eigenvalue weighted by Gasteiger charge is -2.29. The average molecular weight is 296 g/mol. The highest BCUT2D eigenvalue weighted by Gasteiger charge is 2.21. The molecule has 1 aromatic heterocycles. The van der Waals surface area contributed by atoms with Crippen molar-refractivity contribution in [3.05, 3.63) is 33.7 Å². The van der Waals surface area contributed by atoms with Gasteiger partial charge in [-0.3, -0.25) is 4.57 Å². The molecule has 3 rings (SSSR count). The van der Waals surface area contributed by atoms with Crippen LogP contribution in [0.4, 0.5) is 0 Å². The predicted octanol–water partition coefficient (Wildman–Crippen LogP) is 3.28. The lowest BCUT2D eigenvalue weighted by atomic mass is 10.1. The monoisotopic (exact) mass is 295 g/mol. The summed E-state index contributed by atoms with van der Waals surface area (Å²) in [4.78, 5) is 17.3. The molecule has 0 radical (unpaired) electrons. The van der Waals surface area contributed by atoms with E-state index in [0.717, 1.165) is 37.0 Å². The Morgan fingerprint density at radius 1 is 1.25 bits per heavy atom. The predicted molar refractivity (Wildman–Crippen MR) is 84.7 cm³/mol. The van der Waals surface area contributed by atoms with Crippen molar-refractivity contribution in [1.29, 1.82) is 0 Å². The Labute approximate surface area is 124 Å². The first-order valence-corrected chi connectivity index (χ1v) is 7.61. The van der Waals surface area contributed by atoms with Gasteiger partial charge in [0.1, 0.15) is 0 Å². The molecule has 1 aliphatic rings. The number of aromatic amines is 1. The minimum Gasteiger partial charge on any atom is -0.306 e. The molecule has 0 aliphatic carbocycles. The molecule has 5 heteroatoms. The van der Waals surface area contributed by atoms with Gasteiger partial charge >= 0.3 is 5.69 Å². The van der Waals surface area contributed by atoms with E-state index in [1.807, 2.05) is 36.6 Å². The van der Waals surface area contributed by atoms with Gasteiger partial charge in [0, 0.05) is 11.1 Å². The first kappa shape index (κ1) is 15.1. The van der Waals surface area contributed by atoms with Gasteiger partial charge in [-0.2, -0.15) is 0 Å². The summed E-state index contributed by atoms with van der Waals surface area (Å²) < 4.78 is 1.89. The molecule has 1 N–H and O–H groups in total. The van der Waals surface area contributed by atoms with E-state index in [4.69, 9.17) is 11.6 Å². The van der Waals surface area contributed by atoms with Gasteiger partial charge in [0.15, 0.2) is 0 Å². The fourth-order valence-corrected chi connectivity index (χ4v) is 2.89. The lowest BCUT2D eigenvalue weighted by Crippen LogP contribution is -2.34. The van der Waals surface area contributed by atoms with E-state index < -0.39 is 0 Å². The number of hydrogen-bond acceptors (Lipinski definition) is 2. The van der Waals surface area contributed by atoms with Gasteiger partial charge in [-0.1, -0.05) is 25.4 Å². The van der Waals surface area contributed by atoms with Crippen LogP contribution in [-0.4, -0.2) is 34.6 Å². The van der Waals surface area contributed by atoms with Crippen molar-refractivity contribution in [2.45, 2.75) is 32.7 Å². The van der Waals surface area contributed by atoms with Crippen LogP contribution in [0.3, 0.4) is 0 Å². The number of hydrogen-bond donors (Lipinski definition) is 1. The third kappa shape index (κ3) is 2.91. The highest BCUT2D eigenvalue weighted by Crippen LogP contribution is 2.25. The topological polar surface area (TPSA) is 41.0 Å². The summed E-state index contributed by atoms with van der Waals surface area (Å²) in [6.45, 7) is 6.08. The van der Waals surface area contributed by atoms with Crippen LogP contribution in [0.5, 0.6) is 0 Å². The molecule has 0 saturated carbocycles. The number of likely N-dealkylation sites (tertiary alicyclic amines) is 1. The summed E-state index contributed by atoms with van der Waals surface area (Å²) in [6, 6.07) is 5.86. The van der Waals surface area contributed by atoms with Crippen LogP contribution < -0.4 is 5.69 Å². The van der Waals surface area contributed by atoms with Gasteiger partial charge in [-0.05, 0) is 51.2 Å². The summed E-state index contributed by atoms with van der Waals surface area (Å²) in [5.41, 5.74) is 1.76. The maximum Gasteiger partial charge on any atom is 0.326 e. The Bertz CT molecular complexity index is 624. The fraction of sp³-hybridized carbons (Fsp3) is 0.533. The number of aromatic nitrogens is 2. The zero-order valence-corrected chi connectivity index (χ0v) is 13.1. The number of rotatable bonds is 1. The van der Waals surface area contributed by atoms with Crippen LogP contribution in [0.25, 0.3) is 11.0 Å². The third-order valence-corrected chi connectivity index (χ3v) is 3.97. The quantitative estimate of drug-likeness (QED) is 0.877. The van der Waals surface area contributed by atoms with E-state index in [-0.39, 0.29) is 5.69 Å². The van der Waals surface area contributed by atoms with E-state index in [9.17, 15) is 4.79 Å². The normalized spacial score (nSPS) is 17.0. The van der Waals surface area contributed by atoms with Crippen molar-refractivity contribution >= 4 is 22.6 Å². The minimum absolute atomic E-state index is 0.0261. The summed E-state index contributed by atoms with van der Waals surface area (Å²) >= 11 is 5.95. The molecule has 0 bridgehead atoms. The molecule has 2 aromatic rings. The Hall–Kier alpha value is -1.26. The second-order valence-corrected chi connectivity index (χ2v) is 5.43. The Kier molecular flexibility index (Phi) is 4.89. The molecule has 0 atom stereocenters. The van der Waals surface area contributed by atoms with E-state index in [0.29, 0.717) is 11.1 Å². The highest BCUT2D eigenvalue weighted by molar-refractivity contribution is 6.31. The van der Waals surface area contributed by atoms with Gasteiger partial charge in [0.25, 0.3) is 0 Å². The third-order valence-electron chi connectivity index (χ3n) is 3.73. The maximum absolute atomic E-state index is 12.1. The second-order valence-electron chi connectivity index (χ2n) is 5.00. The number of nitrogens with zero attached hydrogens (tertiary/aromatic N) is 2. The van der Waals surface area contributed by atoms with Gasteiger partial charge in [-0.15, -0.1) is 0 Å². The molecule has 1 aromatic carbocycles. The maximum atomic E-state index is 12.1. The van der Waals surface area contributed by atoms with Crippen molar-refractivity contribution in [3.63, 3.8) is 0 Å². The van der Waals surface area contributed by atoms with E-state index >= 15 is 0 Å². The molecule has 4 nitrogen and oxygen atoms in total. The largest absolute Gasteiger partial charge is 0.326 e. The number of benzene rings is 1. The van der Waals surface area contributed by atoms with Gasteiger partial charge in [0.05, 0.1) is 11.0 Å². The molecule has 110 valence electrons. The molecule has 1 saturated heterocycles. The lowest BCUT2D eigenvalue weighted by molar-refractivity contribution is 0.221. The summed E-state index contributed by atoms with van der Waals surface area (Å²) in [6.07, 6.45) is 2.04. The van der Waals surface area contributed by atoms with E-state index in [1.54, 1.807) is 0 Å². The van der Waals surface area contributed by atoms with Crippen LogP contribution in [0.2, 0.25) is 5.02 Å². The smallest absolute Gasteiger partial charge is 0.306 e. The summed E-state index contributed by atoms with van der Waals surface area (Å²) in [5, 5.41) is 0.652. The summed E-state index contributed by atoms with van der Waals surface area (Å²) in [7, 11) is 2.12. The molecular weight excluding hydrogens is 274 g/mol. The minimum atomic E-state index is -0.0261. The van der Waals surface area contributed by atoms with Crippen LogP contribution in [0.1, 0.15) is 32.7 Å². The van der Waals surface area contributed by atoms with Crippen LogP contribution in [0, 0.1) is 0 Å². The van der Waals surface area contributed by atoms with Crippen molar-refractivity contribution in [1.82, 2.24) is 14.5 Å². The molecule has 2 heterocycles. The van der Waals surface area contributed by atoms with Crippen LogP contribution in [0.15, 0.2) is 23.0 Å². The Morgan fingerprint density at radius 3 is 2.55 bits per heavy atom. The second kappa shape index (κ2) is 6.46. The molecule has 0 unspecified atom stereocenters. The molecule has 0 spiro atoms. The van der Waals surface area contributed by atoms with Crippen LogP contribution in [-0.2, 0) is 0 Å². The molecule has 20 heavy (non-hydrogen) atoms. The highest BCUT2D eigenvalue weighted by atomic mass is 35.5. The molecule has 1 fully saturated rings. The average Bonchev–Trinajstić information content (AvgIpc) is 2.77. The number of imidazole rings is 1. The zero-order chi connectivity index (χ0) is 14.7. The Balaban J connectivity index is 0.000000704. The van der Waals surface area contributed by atoms with Crippen molar-refractivity contribution in [2.75, 3.05) is 20.1 Å². The Morgan fingerprint density at radius 2 is 1.90 bits per heavy atom. The van der Waals surface area contributed by atoms with Crippen molar-refractivity contribution < 1.29 is 0 Å². The number of H-pyrrole nitrogens is 1. The first-order valence-electron chi connectivity index (χ1n) is 7.23. The number of nitrogens with one attached hydrogen (secondary N) is 1. The SMILES string of the molecule is CC.CN1CCC(n2c(=O)[nH]c3cc(Cl)ccc32)CC1. The molecule has 0 amide bonds. The van der Waals surface area contributed by atoms with Gasteiger partial charge in [0.2, 0.25) is 0 Å². The zero-order valence-electron chi connectivity index (χ0n) is 12.3. The summed E-state index contributed by atoms with van der Waals surface area (Å²) in [5.74, 6) is 0. The number of halogens is 1. The first-order chi connectivity index (χ1) is 9.65. The van der Waals surface area contributed by atoms with Gasteiger partial charge in [-0.25, -0.2) is 4.79 Å². The van der Waals surface area contributed by atoms with Gasteiger partial charge < -0.3 is 9.88 Å². The van der Waals surface area contributed by atoms with Crippen LogP contribution >= 0.6 is 11.6 Å². The fourth-order valence-electron chi connectivity index (χ4n) is 2.72. The van der Waals surface area contributed by atoms with Crippen molar-refractivity contribution in [3.8, 4) is 0 Å². The molecular formula is C15H22ClN3O. The van der Waals surface area contributed by atoms with E-state index in [2.05, 4.69) is 16.9 Å². The van der Waals surface area contributed by atoms with Crippen molar-refractivity contribution in [2.24, 2.45) is 0 Å². The number of fused-ring (bicyclic) bond motifs is 1. The standard InChI is InChI=1S/C13H16ClN3O.C2H6/c1-16-6-4-10(5-7-16)17-12-3-2-9(14)8-11(12)15-13(17)18;1-2/h2-3,8,10H,4-7H2,1H3,(H,15,18);1-2H3. The molecule has 1 aliphatic heterocycles. The van der Waals surface area contributed by atoms with E-state index in [1.165, 1.54) is 0 Å².